The molecule has 0 saturated heterocycles. The fourth-order valence-corrected chi connectivity index (χ4v) is 3.01. The SMILES string of the molecule is COc1cccc([C@H](C)NC(C)c2csc(Cl)c2)c1. The topological polar surface area (TPSA) is 21.3 Å². The number of thiophene rings is 1. The largest absolute Gasteiger partial charge is 0.497 e. The zero-order valence-corrected chi connectivity index (χ0v) is 12.9. The van der Waals surface area contributed by atoms with Gasteiger partial charge in [-0.25, -0.2) is 0 Å². The van der Waals surface area contributed by atoms with E-state index in [0.717, 1.165) is 10.1 Å². The smallest absolute Gasteiger partial charge is 0.119 e. The van der Waals surface area contributed by atoms with E-state index in [1.807, 2.05) is 18.2 Å². The highest BCUT2D eigenvalue weighted by Crippen LogP contribution is 2.27. The summed E-state index contributed by atoms with van der Waals surface area (Å²) in [5.74, 6) is 0.886. The third kappa shape index (κ3) is 3.72. The molecular formula is C15H18ClNOS. The first-order chi connectivity index (χ1) is 9.10. The zero-order valence-electron chi connectivity index (χ0n) is 11.3. The van der Waals surface area contributed by atoms with Gasteiger partial charge in [-0.3, -0.25) is 0 Å². The Kier molecular flexibility index (Phi) is 4.86. The molecule has 1 aromatic heterocycles. The predicted molar refractivity (Wildman–Crippen MR) is 82.3 cm³/mol. The van der Waals surface area contributed by atoms with E-state index >= 15 is 0 Å². The van der Waals surface area contributed by atoms with E-state index in [2.05, 4.69) is 36.7 Å². The molecular weight excluding hydrogens is 278 g/mol. The Morgan fingerprint density at radius 3 is 2.53 bits per heavy atom. The summed E-state index contributed by atoms with van der Waals surface area (Å²) < 4.78 is 6.09. The summed E-state index contributed by atoms with van der Waals surface area (Å²) in [6.45, 7) is 4.30. The van der Waals surface area contributed by atoms with Gasteiger partial charge in [0.05, 0.1) is 11.4 Å². The molecule has 0 aliphatic rings. The summed E-state index contributed by atoms with van der Waals surface area (Å²) >= 11 is 7.54. The van der Waals surface area contributed by atoms with Crippen LogP contribution in [0.1, 0.15) is 37.1 Å². The Morgan fingerprint density at radius 1 is 1.16 bits per heavy atom. The lowest BCUT2D eigenvalue weighted by Crippen LogP contribution is -2.22. The van der Waals surface area contributed by atoms with Crippen LogP contribution in [0.5, 0.6) is 5.75 Å². The van der Waals surface area contributed by atoms with E-state index in [1.165, 1.54) is 11.1 Å². The summed E-state index contributed by atoms with van der Waals surface area (Å²) in [7, 11) is 1.69. The lowest BCUT2D eigenvalue weighted by atomic mass is 10.1. The van der Waals surface area contributed by atoms with Crippen LogP contribution in [0, 0.1) is 0 Å². The van der Waals surface area contributed by atoms with Crippen LogP contribution in [-0.2, 0) is 0 Å². The van der Waals surface area contributed by atoms with Crippen molar-refractivity contribution < 1.29 is 4.74 Å². The van der Waals surface area contributed by atoms with Crippen molar-refractivity contribution in [2.75, 3.05) is 7.11 Å². The van der Waals surface area contributed by atoms with Gasteiger partial charge >= 0.3 is 0 Å². The lowest BCUT2D eigenvalue weighted by Gasteiger charge is -2.20. The number of hydrogen-bond acceptors (Lipinski definition) is 3. The van der Waals surface area contributed by atoms with Crippen molar-refractivity contribution in [1.29, 1.82) is 0 Å². The van der Waals surface area contributed by atoms with Crippen molar-refractivity contribution >= 4 is 22.9 Å². The summed E-state index contributed by atoms with van der Waals surface area (Å²) in [4.78, 5) is 0. The van der Waals surface area contributed by atoms with Gasteiger partial charge in [-0.15, -0.1) is 11.3 Å². The summed E-state index contributed by atoms with van der Waals surface area (Å²) in [6.07, 6.45) is 0. The summed E-state index contributed by atoms with van der Waals surface area (Å²) in [5.41, 5.74) is 2.44. The molecule has 2 rings (SSSR count). The average molecular weight is 296 g/mol. The predicted octanol–water partition coefficient (Wildman–Crippen LogP) is 4.82. The van der Waals surface area contributed by atoms with Gasteiger partial charge in [0.25, 0.3) is 0 Å². The molecule has 0 spiro atoms. The highest BCUT2D eigenvalue weighted by atomic mass is 35.5. The Morgan fingerprint density at radius 2 is 1.89 bits per heavy atom. The van der Waals surface area contributed by atoms with E-state index in [4.69, 9.17) is 16.3 Å². The van der Waals surface area contributed by atoms with E-state index < -0.39 is 0 Å². The van der Waals surface area contributed by atoms with Gasteiger partial charge in [-0.05, 0) is 48.6 Å². The minimum absolute atomic E-state index is 0.253. The molecule has 4 heteroatoms. The van der Waals surface area contributed by atoms with Crippen LogP contribution >= 0.6 is 22.9 Å². The molecule has 0 saturated carbocycles. The van der Waals surface area contributed by atoms with E-state index in [-0.39, 0.29) is 12.1 Å². The Bertz CT molecular complexity index is 540. The van der Waals surface area contributed by atoms with Crippen LogP contribution in [0.3, 0.4) is 0 Å². The molecule has 1 heterocycles. The number of hydrogen-bond donors (Lipinski definition) is 1. The normalized spacial score (nSPS) is 14.1. The molecule has 0 amide bonds. The monoisotopic (exact) mass is 295 g/mol. The van der Waals surface area contributed by atoms with Gasteiger partial charge in [0.1, 0.15) is 5.75 Å². The highest BCUT2D eigenvalue weighted by molar-refractivity contribution is 7.14. The standard InChI is InChI=1S/C15H18ClNOS/c1-10(12-5-4-6-14(7-12)18-3)17-11(2)13-8-15(16)19-9-13/h4-11,17H,1-3H3/t10-,11?/m0/s1. The van der Waals surface area contributed by atoms with Crippen molar-refractivity contribution in [3.63, 3.8) is 0 Å². The second-order valence-corrected chi connectivity index (χ2v) is 6.11. The molecule has 1 unspecified atom stereocenters. The molecule has 2 atom stereocenters. The number of methoxy groups -OCH3 is 1. The average Bonchev–Trinajstić information content (AvgIpc) is 2.85. The molecule has 2 aromatic rings. The zero-order chi connectivity index (χ0) is 13.8. The molecule has 0 bridgehead atoms. The molecule has 0 radical (unpaired) electrons. The van der Waals surface area contributed by atoms with E-state index in [0.29, 0.717) is 0 Å². The van der Waals surface area contributed by atoms with Gasteiger partial charge < -0.3 is 10.1 Å². The van der Waals surface area contributed by atoms with Gasteiger partial charge in [-0.1, -0.05) is 23.7 Å². The molecule has 19 heavy (non-hydrogen) atoms. The van der Waals surface area contributed by atoms with Gasteiger partial charge in [0, 0.05) is 12.1 Å². The number of benzene rings is 1. The third-order valence-corrected chi connectivity index (χ3v) is 4.29. The number of nitrogens with one attached hydrogen (secondary N) is 1. The fraction of sp³-hybridized carbons (Fsp3) is 0.333. The van der Waals surface area contributed by atoms with Crippen LogP contribution in [0.25, 0.3) is 0 Å². The number of ether oxygens (including phenoxy) is 1. The first-order valence-corrected chi connectivity index (χ1v) is 7.50. The minimum Gasteiger partial charge on any atom is -0.497 e. The minimum atomic E-state index is 0.253. The second-order valence-electron chi connectivity index (χ2n) is 4.57. The van der Waals surface area contributed by atoms with Crippen molar-refractivity contribution in [2.45, 2.75) is 25.9 Å². The van der Waals surface area contributed by atoms with Gasteiger partial charge in [0.2, 0.25) is 0 Å². The first kappa shape index (κ1) is 14.4. The Hall–Kier alpha value is -1.03. The molecule has 2 nitrogen and oxygen atoms in total. The Balaban J connectivity index is 2.05. The van der Waals surface area contributed by atoms with Crippen molar-refractivity contribution in [3.8, 4) is 5.75 Å². The summed E-state index contributed by atoms with van der Waals surface area (Å²) in [5, 5.41) is 5.67. The Labute approximate surface area is 123 Å². The first-order valence-electron chi connectivity index (χ1n) is 6.24. The van der Waals surface area contributed by atoms with Gasteiger partial charge in [-0.2, -0.15) is 0 Å². The number of halogens is 1. The maximum atomic E-state index is 5.97. The van der Waals surface area contributed by atoms with Crippen LogP contribution in [0.15, 0.2) is 35.7 Å². The van der Waals surface area contributed by atoms with Crippen molar-refractivity contribution in [2.24, 2.45) is 0 Å². The molecule has 0 aliphatic carbocycles. The van der Waals surface area contributed by atoms with Crippen LogP contribution in [0.2, 0.25) is 4.34 Å². The lowest BCUT2D eigenvalue weighted by molar-refractivity contribution is 0.412. The summed E-state index contributed by atoms with van der Waals surface area (Å²) in [6, 6.07) is 10.7. The maximum Gasteiger partial charge on any atom is 0.119 e. The fourth-order valence-electron chi connectivity index (χ4n) is 2.03. The number of rotatable bonds is 5. The molecule has 0 aliphatic heterocycles. The van der Waals surface area contributed by atoms with E-state index in [1.54, 1.807) is 18.4 Å². The van der Waals surface area contributed by atoms with Crippen molar-refractivity contribution in [1.82, 2.24) is 5.32 Å². The molecule has 0 fully saturated rings. The molecule has 1 aromatic carbocycles. The van der Waals surface area contributed by atoms with Crippen molar-refractivity contribution in [3.05, 3.63) is 51.2 Å². The van der Waals surface area contributed by atoms with Gasteiger partial charge in [0.15, 0.2) is 0 Å². The van der Waals surface area contributed by atoms with E-state index in [9.17, 15) is 0 Å². The van der Waals surface area contributed by atoms with Crippen LogP contribution in [0.4, 0.5) is 0 Å². The van der Waals surface area contributed by atoms with Crippen LogP contribution in [-0.4, -0.2) is 7.11 Å². The maximum absolute atomic E-state index is 5.97. The van der Waals surface area contributed by atoms with Crippen LogP contribution < -0.4 is 10.1 Å². The molecule has 1 N–H and O–H groups in total. The molecule has 102 valence electrons. The quantitative estimate of drug-likeness (QED) is 0.853. The second kappa shape index (κ2) is 6.42. The third-order valence-electron chi connectivity index (χ3n) is 3.18. The highest BCUT2D eigenvalue weighted by Gasteiger charge is 2.12.